The van der Waals surface area contributed by atoms with Crippen molar-refractivity contribution in [3.05, 3.63) is 22.4 Å². The number of rotatable bonds is 11. The summed E-state index contributed by atoms with van der Waals surface area (Å²) in [5, 5.41) is 14.9. The zero-order chi connectivity index (χ0) is 13.9. The average molecular weight is 287 g/mol. The molecule has 0 aliphatic rings. The maximum atomic E-state index is 9.71. The summed E-state index contributed by atoms with van der Waals surface area (Å²) in [5.41, 5.74) is 0. The second kappa shape index (κ2) is 10.3. The van der Waals surface area contributed by atoms with Crippen molar-refractivity contribution in [2.24, 2.45) is 0 Å². The molecule has 1 rings (SSSR count). The molecule has 2 N–H and O–H groups in total. The van der Waals surface area contributed by atoms with Gasteiger partial charge in [0.1, 0.15) is 0 Å². The zero-order valence-electron chi connectivity index (χ0n) is 11.8. The van der Waals surface area contributed by atoms with Crippen LogP contribution in [0.5, 0.6) is 0 Å². The highest BCUT2D eigenvalue weighted by Gasteiger charge is 2.04. The van der Waals surface area contributed by atoms with Crippen LogP contribution in [0.25, 0.3) is 0 Å². The number of ether oxygens (including phenoxy) is 2. The van der Waals surface area contributed by atoms with E-state index in [2.05, 4.69) is 5.32 Å². The predicted octanol–water partition coefficient (Wildman–Crippen LogP) is 2.03. The fraction of sp³-hybridized carbons (Fsp3) is 0.714. The minimum absolute atomic E-state index is 0.288. The quantitative estimate of drug-likeness (QED) is 0.612. The van der Waals surface area contributed by atoms with Gasteiger partial charge in [-0.1, -0.05) is 6.07 Å². The lowest BCUT2D eigenvalue weighted by molar-refractivity contribution is 0.0292. The number of aliphatic hydroxyl groups excluding tert-OH is 1. The molecule has 0 fully saturated rings. The zero-order valence-corrected chi connectivity index (χ0v) is 12.6. The molecular weight excluding hydrogens is 262 g/mol. The molecule has 0 bridgehead atoms. The van der Waals surface area contributed by atoms with E-state index in [4.69, 9.17) is 9.47 Å². The van der Waals surface area contributed by atoms with Crippen molar-refractivity contribution in [2.45, 2.75) is 39.1 Å². The number of hydrogen-bond donors (Lipinski definition) is 2. The summed E-state index contributed by atoms with van der Waals surface area (Å²) in [7, 11) is 0. The van der Waals surface area contributed by atoms with E-state index in [1.54, 1.807) is 11.3 Å². The van der Waals surface area contributed by atoms with E-state index in [1.165, 1.54) is 4.88 Å². The molecule has 19 heavy (non-hydrogen) atoms. The molecule has 1 aromatic rings. The highest BCUT2D eigenvalue weighted by Crippen LogP contribution is 2.09. The summed E-state index contributed by atoms with van der Waals surface area (Å²) in [6, 6.07) is 4.03. The number of nitrogens with one attached hydrogen (secondary N) is 1. The van der Waals surface area contributed by atoms with Gasteiger partial charge in [0.25, 0.3) is 0 Å². The van der Waals surface area contributed by atoms with Gasteiger partial charge in [-0.2, -0.15) is 0 Å². The average Bonchev–Trinajstić information content (AvgIpc) is 2.86. The Morgan fingerprint density at radius 1 is 1.42 bits per heavy atom. The van der Waals surface area contributed by atoms with E-state index in [0.717, 1.165) is 19.6 Å². The van der Waals surface area contributed by atoms with Crippen molar-refractivity contribution in [2.75, 3.05) is 26.3 Å². The van der Waals surface area contributed by atoms with Crippen LogP contribution < -0.4 is 5.32 Å². The van der Waals surface area contributed by atoms with Gasteiger partial charge in [0.05, 0.1) is 25.4 Å². The minimum atomic E-state index is -0.453. The second-order valence-electron chi connectivity index (χ2n) is 4.73. The highest BCUT2D eigenvalue weighted by molar-refractivity contribution is 7.09. The molecule has 0 unspecified atom stereocenters. The van der Waals surface area contributed by atoms with Crippen LogP contribution in [0, 0.1) is 0 Å². The van der Waals surface area contributed by atoms with Gasteiger partial charge in [0.2, 0.25) is 0 Å². The molecule has 0 saturated carbocycles. The molecule has 1 heterocycles. The summed E-state index contributed by atoms with van der Waals surface area (Å²) >= 11 is 1.67. The molecule has 1 aromatic heterocycles. The topological polar surface area (TPSA) is 50.7 Å². The van der Waals surface area contributed by atoms with E-state index in [9.17, 15) is 5.11 Å². The summed E-state index contributed by atoms with van der Waals surface area (Å²) in [4.78, 5) is 1.19. The van der Waals surface area contributed by atoms with Gasteiger partial charge < -0.3 is 19.9 Å². The van der Waals surface area contributed by atoms with Crippen LogP contribution in [0.2, 0.25) is 0 Å². The third-order valence-electron chi connectivity index (χ3n) is 2.46. The fourth-order valence-electron chi connectivity index (χ4n) is 1.53. The maximum absolute atomic E-state index is 9.71. The normalized spacial score (nSPS) is 13.1. The van der Waals surface area contributed by atoms with Crippen LogP contribution in [0.4, 0.5) is 0 Å². The molecule has 0 aliphatic carbocycles. The van der Waals surface area contributed by atoms with Crippen molar-refractivity contribution >= 4 is 11.3 Å². The molecule has 0 radical (unpaired) electrons. The summed E-state index contributed by atoms with van der Waals surface area (Å²) in [5.74, 6) is 0. The Morgan fingerprint density at radius 2 is 2.26 bits per heavy atom. The molecule has 110 valence electrons. The van der Waals surface area contributed by atoms with Gasteiger partial charge in [0.15, 0.2) is 0 Å². The molecule has 0 saturated heterocycles. The number of hydrogen-bond acceptors (Lipinski definition) is 5. The molecule has 0 aliphatic heterocycles. The lowest BCUT2D eigenvalue weighted by Crippen LogP contribution is -2.31. The molecule has 4 nitrogen and oxygen atoms in total. The largest absolute Gasteiger partial charge is 0.389 e. The fourth-order valence-corrected chi connectivity index (χ4v) is 2.17. The SMILES string of the molecule is CC(C)OCCCNC[C@@H](O)COCc1cccs1. The van der Waals surface area contributed by atoms with E-state index in [-0.39, 0.29) is 6.10 Å². The number of aliphatic hydroxyl groups is 1. The van der Waals surface area contributed by atoms with Crippen molar-refractivity contribution in [1.29, 1.82) is 0 Å². The first-order valence-corrected chi connectivity index (χ1v) is 7.67. The van der Waals surface area contributed by atoms with Crippen LogP contribution >= 0.6 is 11.3 Å². The van der Waals surface area contributed by atoms with Crippen LogP contribution in [0.15, 0.2) is 17.5 Å². The lowest BCUT2D eigenvalue weighted by atomic mass is 10.3. The van der Waals surface area contributed by atoms with Gasteiger partial charge >= 0.3 is 0 Å². The van der Waals surface area contributed by atoms with E-state index >= 15 is 0 Å². The van der Waals surface area contributed by atoms with Crippen molar-refractivity contribution in [3.8, 4) is 0 Å². The van der Waals surface area contributed by atoms with E-state index < -0.39 is 6.10 Å². The smallest absolute Gasteiger partial charge is 0.0897 e. The van der Waals surface area contributed by atoms with Gasteiger partial charge in [-0.05, 0) is 38.3 Å². The van der Waals surface area contributed by atoms with Crippen LogP contribution in [0.3, 0.4) is 0 Å². The summed E-state index contributed by atoms with van der Waals surface area (Å²) in [6.45, 7) is 7.19. The predicted molar refractivity (Wildman–Crippen MR) is 78.6 cm³/mol. The lowest BCUT2D eigenvalue weighted by Gasteiger charge is -2.12. The van der Waals surface area contributed by atoms with E-state index in [0.29, 0.717) is 19.8 Å². The van der Waals surface area contributed by atoms with Gasteiger partial charge in [0, 0.05) is 18.0 Å². The summed E-state index contributed by atoms with van der Waals surface area (Å²) < 4.78 is 10.9. The Hall–Kier alpha value is -0.460. The van der Waals surface area contributed by atoms with E-state index in [1.807, 2.05) is 31.4 Å². The van der Waals surface area contributed by atoms with Crippen molar-refractivity contribution in [1.82, 2.24) is 5.32 Å². The van der Waals surface area contributed by atoms with Gasteiger partial charge in [-0.3, -0.25) is 0 Å². The van der Waals surface area contributed by atoms with Crippen molar-refractivity contribution < 1.29 is 14.6 Å². The summed E-state index contributed by atoms with van der Waals surface area (Å²) in [6.07, 6.45) is 0.795. The maximum Gasteiger partial charge on any atom is 0.0897 e. The Morgan fingerprint density at radius 3 is 2.95 bits per heavy atom. The first kappa shape index (κ1) is 16.6. The Balaban J connectivity index is 1.89. The Labute approximate surface area is 119 Å². The molecule has 5 heteroatoms. The Kier molecular flexibility index (Phi) is 9.03. The van der Waals surface area contributed by atoms with Crippen LogP contribution in [0.1, 0.15) is 25.1 Å². The molecule has 0 amide bonds. The molecule has 1 atom stereocenters. The third-order valence-corrected chi connectivity index (χ3v) is 3.31. The molecular formula is C14H25NO3S. The van der Waals surface area contributed by atoms with Crippen molar-refractivity contribution in [3.63, 3.8) is 0 Å². The number of thiophene rings is 1. The van der Waals surface area contributed by atoms with Gasteiger partial charge in [-0.25, -0.2) is 0 Å². The first-order valence-electron chi connectivity index (χ1n) is 6.79. The minimum Gasteiger partial charge on any atom is -0.389 e. The molecule has 0 aromatic carbocycles. The van der Waals surface area contributed by atoms with Gasteiger partial charge in [-0.15, -0.1) is 11.3 Å². The third kappa shape index (κ3) is 9.13. The first-order chi connectivity index (χ1) is 9.18. The highest BCUT2D eigenvalue weighted by atomic mass is 32.1. The monoisotopic (exact) mass is 287 g/mol. The Bertz CT molecular complexity index is 304. The molecule has 0 spiro atoms. The second-order valence-corrected chi connectivity index (χ2v) is 5.76. The standard InChI is InChI=1S/C14H25NO3S/c1-12(2)18-7-4-6-15-9-13(16)10-17-11-14-5-3-8-19-14/h3,5,8,12-13,15-16H,4,6-7,9-11H2,1-2H3/t13-/m1/s1. The van der Waals surface area contributed by atoms with Crippen LogP contribution in [-0.2, 0) is 16.1 Å². The van der Waals surface area contributed by atoms with Crippen LogP contribution in [-0.4, -0.2) is 43.6 Å².